The first-order chi connectivity index (χ1) is 10.2. The Kier molecular flexibility index (Phi) is 6.07. The van der Waals surface area contributed by atoms with E-state index in [2.05, 4.69) is 44.3 Å². The molecule has 1 saturated carbocycles. The first-order valence-electron chi connectivity index (χ1n) is 8.17. The summed E-state index contributed by atoms with van der Waals surface area (Å²) in [5.41, 5.74) is 2.58. The highest BCUT2D eigenvalue weighted by Crippen LogP contribution is 2.39. The Labute approximate surface area is 129 Å². The number of ether oxygens (including phenoxy) is 2. The molecule has 1 atom stereocenters. The predicted molar refractivity (Wildman–Crippen MR) is 86.9 cm³/mol. The van der Waals surface area contributed by atoms with Gasteiger partial charge in [0.15, 0.2) is 0 Å². The zero-order chi connectivity index (χ0) is 15.2. The minimum Gasteiger partial charge on any atom is -0.496 e. The van der Waals surface area contributed by atoms with Crippen molar-refractivity contribution in [2.24, 2.45) is 5.92 Å². The van der Waals surface area contributed by atoms with E-state index in [0.717, 1.165) is 31.2 Å². The molecule has 1 aromatic rings. The van der Waals surface area contributed by atoms with Gasteiger partial charge in [0, 0.05) is 18.2 Å². The van der Waals surface area contributed by atoms with Crippen LogP contribution in [0.1, 0.15) is 50.3 Å². The number of rotatable bonds is 8. The summed E-state index contributed by atoms with van der Waals surface area (Å²) in [6.45, 7) is 8.19. The van der Waals surface area contributed by atoms with Gasteiger partial charge >= 0.3 is 0 Å². The van der Waals surface area contributed by atoms with Crippen molar-refractivity contribution in [2.45, 2.75) is 52.2 Å². The van der Waals surface area contributed by atoms with Crippen LogP contribution in [0, 0.1) is 12.8 Å². The standard InChI is InChI=1S/C18H29NO2/c1-5-19-17(12-14-10-15(11-14)21-6-2)16-9-13(3)7-8-18(16)20-4/h7-9,14-15,17,19H,5-6,10-12H2,1-4H3. The van der Waals surface area contributed by atoms with E-state index in [4.69, 9.17) is 9.47 Å². The Morgan fingerprint density at radius 1 is 1.29 bits per heavy atom. The molecule has 0 spiro atoms. The van der Waals surface area contributed by atoms with Crippen LogP contribution in [0.2, 0.25) is 0 Å². The maximum Gasteiger partial charge on any atom is 0.123 e. The molecule has 118 valence electrons. The second-order valence-electron chi connectivity index (χ2n) is 6.01. The zero-order valence-corrected chi connectivity index (χ0v) is 13.8. The van der Waals surface area contributed by atoms with Crippen molar-refractivity contribution >= 4 is 0 Å². The van der Waals surface area contributed by atoms with Crippen molar-refractivity contribution in [2.75, 3.05) is 20.3 Å². The summed E-state index contributed by atoms with van der Waals surface area (Å²) in [6, 6.07) is 6.82. The Morgan fingerprint density at radius 3 is 2.67 bits per heavy atom. The van der Waals surface area contributed by atoms with Crippen LogP contribution in [-0.4, -0.2) is 26.4 Å². The van der Waals surface area contributed by atoms with E-state index in [1.807, 2.05) is 0 Å². The number of benzene rings is 1. The second-order valence-corrected chi connectivity index (χ2v) is 6.01. The Morgan fingerprint density at radius 2 is 2.05 bits per heavy atom. The highest BCUT2D eigenvalue weighted by atomic mass is 16.5. The summed E-state index contributed by atoms with van der Waals surface area (Å²) < 4.78 is 11.2. The fourth-order valence-electron chi connectivity index (χ4n) is 3.26. The van der Waals surface area contributed by atoms with Gasteiger partial charge in [0.2, 0.25) is 0 Å². The maximum atomic E-state index is 5.67. The van der Waals surface area contributed by atoms with Gasteiger partial charge in [-0.25, -0.2) is 0 Å². The summed E-state index contributed by atoms with van der Waals surface area (Å²) >= 11 is 0. The molecule has 0 radical (unpaired) electrons. The third-order valence-corrected chi connectivity index (χ3v) is 4.37. The highest BCUT2D eigenvalue weighted by Gasteiger charge is 2.32. The highest BCUT2D eigenvalue weighted by molar-refractivity contribution is 5.39. The molecule has 1 fully saturated rings. The van der Waals surface area contributed by atoms with Gasteiger partial charge in [-0.3, -0.25) is 0 Å². The molecule has 1 aliphatic rings. The summed E-state index contributed by atoms with van der Waals surface area (Å²) in [5, 5.41) is 3.63. The molecule has 1 unspecified atom stereocenters. The van der Waals surface area contributed by atoms with Gasteiger partial charge in [-0.15, -0.1) is 0 Å². The van der Waals surface area contributed by atoms with E-state index in [1.54, 1.807) is 7.11 Å². The van der Waals surface area contributed by atoms with Gasteiger partial charge in [-0.05, 0) is 51.6 Å². The van der Waals surface area contributed by atoms with E-state index < -0.39 is 0 Å². The molecule has 2 rings (SSSR count). The van der Waals surface area contributed by atoms with Gasteiger partial charge in [-0.2, -0.15) is 0 Å². The fraction of sp³-hybridized carbons (Fsp3) is 0.667. The smallest absolute Gasteiger partial charge is 0.123 e. The van der Waals surface area contributed by atoms with Crippen LogP contribution < -0.4 is 10.1 Å². The molecule has 0 amide bonds. The molecule has 1 aliphatic carbocycles. The molecule has 0 aromatic heterocycles. The maximum absolute atomic E-state index is 5.67. The minimum absolute atomic E-state index is 0.373. The van der Waals surface area contributed by atoms with Crippen LogP contribution in [-0.2, 0) is 4.74 Å². The number of hydrogen-bond donors (Lipinski definition) is 1. The lowest BCUT2D eigenvalue weighted by atomic mass is 9.77. The number of methoxy groups -OCH3 is 1. The van der Waals surface area contributed by atoms with E-state index in [9.17, 15) is 0 Å². The molecule has 0 bridgehead atoms. The van der Waals surface area contributed by atoms with Crippen molar-refractivity contribution < 1.29 is 9.47 Å². The van der Waals surface area contributed by atoms with Crippen LogP contribution in [0.25, 0.3) is 0 Å². The lowest BCUT2D eigenvalue weighted by molar-refractivity contribution is -0.0291. The second kappa shape index (κ2) is 7.81. The number of hydrogen-bond acceptors (Lipinski definition) is 3. The van der Waals surface area contributed by atoms with Gasteiger partial charge in [0.25, 0.3) is 0 Å². The molecule has 0 saturated heterocycles. The first-order valence-corrected chi connectivity index (χ1v) is 8.17. The van der Waals surface area contributed by atoms with Gasteiger partial charge in [-0.1, -0.05) is 24.6 Å². The molecule has 3 heteroatoms. The topological polar surface area (TPSA) is 30.5 Å². The number of nitrogens with one attached hydrogen (secondary N) is 1. The van der Waals surface area contributed by atoms with Crippen LogP contribution in [0.4, 0.5) is 0 Å². The molecular weight excluding hydrogens is 262 g/mol. The van der Waals surface area contributed by atoms with E-state index in [1.165, 1.54) is 24.0 Å². The van der Waals surface area contributed by atoms with E-state index >= 15 is 0 Å². The summed E-state index contributed by atoms with van der Waals surface area (Å²) in [5.74, 6) is 1.75. The van der Waals surface area contributed by atoms with Crippen molar-refractivity contribution in [1.82, 2.24) is 5.32 Å². The van der Waals surface area contributed by atoms with Crippen LogP contribution in [0.3, 0.4) is 0 Å². The third kappa shape index (κ3) is 4.21. The van der Waals surface area contributed by atoms with Crippen molar-refractivity contribution in [1.29, 1.82) is 0 Å². The average molecular weight is 291 g/mol. The molecule has 0 aliphatic heterocycles. The van der Waals surface area contributed by atoms with Crippen LogP contribution in [0.15, 0.2) is 18.2 Å². The Bertz CT molecular complexity index is 441. The van der Waals surface area contributed by atoms with Gasteiger partial charge in [0.1, 0.15) is 5.75 Å². The lowest BCUT2D eigenvalue weighted by Crippen LogP contribution is -2.35. The van der Waals surface area contributed by atoms with E-state index in [0.29, 0.717) is 12.1 Å². The quantitative estimate of drug-likeness (QED) is 0.789. The minimum atomic E-state index is 0.373. The summed E-state index contributed by atoms with van der Waals surface area (Å²) in [4.78, 5) is 0. The SMILES string of the molecule is CCNC(CC1CC(OCC)C1)c1cc(C)ccc1OC. The van der Waals surface area contributed by atoms with Crippen molar-refractivity contribution in [3.05, 3.63) is 29.3 Å². The lowest BCUT2D eigenvalue weighted by Gasteiger charge is -2.37. The largest absolute Gasteiger partial charge is 0.496 e. The molecule has 1 aromatic carbocycles. The number of aryl methyl sites for hydroxylation is 1. The molecule has 1 N–H and O–H groups in total. The molecule has 21 heavy (non-hydrogen) atoms. The van der Waals surface area contributed by atoms with Crippen molar-refractivity contribution in [3.63, 3.8) is 0 Å². The predicted octanol–water partition coefficient (Wildman–Crippen LogP) is 3.86. The zero-order valence-electron chi connectivity index (χ0n) is 13.8. The fourth-order valence-corrected chi connectivity index (χ4v) is 3.26. The molecular formula is C18H29NO2. The summed E-state index contributed by atoms with van der Waals surface area (Å²) in [7, 11) is 1.76. The first kappa shape index (κ1) is 16.3. The Hall–Kier alpha value is -1.06. The van der Waals surface area contributed by atoms with Crippen LogP contribution >= 0.6 is 0 Å². The monoisotopic (exact) mass is 291 g/mol. The molecule has 3 nitrogen and oxygen atoms in total. The molecule has 0 heterocycles. The van der Waals surface area contributed by atoms with Crippen molar-refractivity contribution in [3.8, 4) is 5.75 Å². The van der Waals surface area contributed by atoms with Gasteiger partial charge in [0.05, 0.1) is 13.2 Å². The van der Waals surface area contributed by atoms with E-state index in [-0.39, 0.29) is 0 Å². The normalized spacial score (nSPS) is 22.7. The van der Waals surface area contributed by atoms with Gasteiger partial charge < -0.3 is 14.8 Å². The summed E-state index contributed by atoms with van der Waals surface area (Å²) in [6.07, 6.45) is 4.05. The van der Waals surface area contributed by atoms with Crippen LogP contribution in [0.5, 0.6) is 5.75 Å². The average Bonchev–Trinajstić information content (AvgIpc) is 2.44. The third-order valence-electron chi connectivity index (χ3n) is 4.37. The Balaban J connectivity index is 2.04.